The Hall–Kier alpha value is -2.71. The molecule has 3 rings (SSSR count). The molecule has 0 aromatic heterocycles. The van der Waals surface area contributed by atoms with E-state index in [1.165, 1.54) is 0 Å². The SMILES string of the molecule is O=C(O)CN1C(=O)C(NS(=O)(=O)Cc2ccccc2)CCc2ccccc21. The number of benzene rings is 2. The van der Waals surface area contributed by atoms with Gasteiger partial charge in [-0.2, -0.15) is 0 Å². The molecule has 7 nitrogen and oxygen atoms in total. The number of fused-ring (bicyclic) bond motifs is 1. The van der Waals surface area contributed by atoms with E-state index in [1.54, 1.807) is 42.5 Å². The van der Waals surface area contributed by atoms with Crippen molar-refractivity contribution in [1.82, 2.24) is 4.72 Å². The monoisotopic (exact) mass is 388 g/mol. The van der Waals surface area contributed by atoms with Gasteiger partial charge in [-0.1, -0.05) is 48.5 Å². The maximum absolute atomic E-state index is 12.9. The summed E-state index contributed by atoms with van der Waals surface area (Å²) >= 11 is 0. The van der Waals surface area contributed by atoms with Gasteiger partial charge in [-0.3, -0.25) is 14.5 Å². The molecule has 0 saturated carbocycles. The van der Waals surface area contributed by atoms with E-state index in [1.807, 2.05) is 12.1 Å². The minimum atomic E-state index is -3.77. The molecule has 0 fully saturated rings. The molecule has 2 aromatic carbocycles. The molecule has 1 amide bonds. The van der Waals surface area contributed by atoms with E-state index >= 15 is 0 Å². The van der Waals surface area contributed by atoms with Gasteiger partial charge in [0, 0.05) is 5.69 Å². The predicted molar refractivity (Wildman–Crippen MR) is 101 cm³/mol. The molecular formula is C19H20N2O5S. The number of carboxylic acid groups (broad SMARTS) is 1. The van der Waals surface area contributed by atoms with Crippen LogP contribution in [0, 0.1) is 0 Å². The van der Waals surface area contributed by atoms with Gasteiger partial charge in [-0.15, -0.1) is 0 Å². The van der Waals surface area contributed by atoms with E-state index in [2.05, 4.69) is 4.72 Å². The zero-order valence-corrected chi connectivity index (χ0v) is 15.4. The number of carbonyl (C=O) groups excluding carboxylic acids is 1. The number of para-hydroxylation sites is 1. The van der Waals surface area contributed by atoms with Crippen molar-refractivity contribution >= 4 is 27.6 Å². The number of aryl methyl sites for hydroxylation is 1. The average molecular weight is 388 g/mol. The molecule has 1 aliphatic heterocycles. The molecule has 0 spiro atoms. The van der Waals surface area contributed by atoms with E-state index in [4.69, 9.17) is 0 Å². The molecule has 1 atom stereocenters. The van der Waals surface area contributed by atoms with Crippen LogP contribution in [0.2, 0.25) is 0 Å². The Kier molecular flexibility index (Phi) is 5.57. The smallest absolute Gasteiger partial charge is 0.323 e. The number of hydrogen-bond donors (Lipinski definition) is 2. The van der Waals surface area contributed by atoms with Crippen LogP contribution < -0.4 is 9.62 Å². The number of amides is 1. The molecule has 2 N–H and O–H groups in total. The zero-order valence-electron chi connectivity index (χ0n) is 14.5. The van der Waals surface area contributed by atoms with Crippen molar-refractivity contribution in [1.29, 1.82) is 0 Å². The lowest BCUT2D eigenvalue weighted by atomic mass is 10.1. The third-order valence-corrected chi connectivity index (χ3v) is 5.72. The maximum atomic E-state index is 12.9. The molecule has 27 heavy (non-hydrogen) atoms. The van der Waals surface area contributed by atoms with Crippen LogP contribution in [0.25, 0.3) is 0 Å². The van der Waals surface area contributed by atoms with Crippen molar-refractivity contribution in [2.24, 2.45) is 0 Å². The van der Waals surface area contributed by atoms with Crippen molar-refractivity contribution in [2.75, 3.05) is 11.4 Å². The molecule has 0 radical (unpaired) electrons. The highest BCUT2D eigenvalue weighted by Gasteiger charge is 2.33. The first-order valence-electron chi connectivity index (χ1n) is 8.51. The Morgan fingerprint density at radius 1 is 1.11 bits per heavy atom. The minimum absolute atomic E-state index is 0.247. The number of rotatable bonds is 6. The fraction of sp³-hybridized carbons (Fsp3) is 0.263. The van der Waals surface area contributed by atoms with Crippen molar-refractivity contribution < 1.29 is 23.1 Å². The number of nitrogens with zero attached hydrogens (tertiary/aromatic N) is 1. The third-order valence-electron chi connectivity index (χ3n) is 4.36. The number of aliphatic carboxylic acids is 1. The summed E-state index contributed by atoms with van der Waals surface area (Å²) in [4.78, 5) is 25.3. The summed E-state index contributed by atoms with van der Waals surface area (Å²) in [6.45, 7) is -0.521. The second kappa shape index (κ2) is 7.89. The van der Waals surface area contributed by atoms with Crippen LogP contribution in [0.15, 0.2) is 54.6 Å². The summed E-state index contributed by atoms with van der Waals surface area (Å²) in [5, 5.41) is 9.18. The first kappa shape index (κ1) is 19.1. The molecular weight excluding hydrogens is 368 g/mol. The van der Waals surface area contributed by atoms with Gasteiger partial charge in [0.25, 0.3) is 0 Å². The Morgan fingerprint density at radius 2 is 1.78 bits per heavy atom. The highest BCUT2D eigenvalue weighted by atomic mass is 32.2. The summed E-state index contributed by atoms with van der Waals surface area (Å²) in [7, 11) is -3.77. The number of sulfonamides is 1. The van der Waals surface area contributed by atoms with Gasteiger partial charge in [0.2, 0.25) is 15.9 Å². The minimum Gasteiger partial charge on any atom is -0.480 e. The van der Waals surface area contributed by atoms with Crippen LogP contribution in [-0.2, 0) is 31.8 Å². The highest BCUT2D eigenvalue weighted by molar-refractivity contribution is 7.88. The van der Waals surface area contributed by atoms with Crippen LogP contribution in [0.3, 0.4) is 0 Å². The second-order valence-electron chi connectivity index (χ2n) is 6.40. The number of nitrogens with one attached hydrogen (secondary N) is 1. The number of carboxylic acids is 1. The molecule has 0 bridgehead atoms. The van der Waals surface area contributed by atoms with Gasteiger partial charge in [-0.05, 0) is 30.0 Å². The summed E-state index contributed by atoms with van der Waals surface area (Å²) in [6.07, 6.45) is 0.733. The first-order chi connectivity index (χ1) is 12.9. The highest BCUT2D eigenvalue weighted by Crippen LogP contribution is 2.27. The number of carbonyl (C=O) groups is 2. The predicted octanol–water partition coefficient (Wildman–Crippen LogP) is 1.54. The Balaban J connectivity index is 1.84. The summed E-state index contributed by atoms with van der Waals surface area (Å²) in [6, 6.07) is 14.7. The number of hydrogen-bond acceptors (Lipinski definition) is 4. The Labute approximate surface area is 157 Å². The van der Waals surface area contributed by atoms with Crippen LogP contribution in [0.4, 0.5) is 5.69 Å². The maximum Gasteiger partial charge on any atom is 0.323 e. The zero-order chi connectivity index (χ0) is 19.4. The van der Waals surface area contributed by atoms with Crippen LogP contribution in [0.5, 0.6) is 0 Å². The third kappa shape index (κ3) is 4.72. The van der Waals surface area contributed by atoms with E-state index in [0.29, 0.717) is 17.7 Å². The van der Waals surface area contributed by atoms with Gasteiger partial charge in [0.15, 0.2) is 0 Å². The topological polar surface area (TPSA) is 104 Å². The molecule has 142 valence electrons. The number of anilines is 1. The second-order valence-corrected chi connectivity index (χ2v) is 8.15. The fourth-order valence-corrected chi connectivity index (χ4v) is 4.54. The van der Waals surface area contributed by atoms with E-state index in [9.17, 15) is 23.1 Å². The standard InChI is InChI=1S/C19H20N2O5S/c22-18(23)12-21-17-9-5-4-8-15(17)10-11-16(19(21)24)20-27(25,26)13-14-6-2-1-3-7-14/h1-9,16,20H,10-13H2,(H,22,23). The van der Waals surface area contributed by atoms with E-state index < -0.39 is 34.5 Å². The largest absolute Gasteiger partial charge is 0.480 e. The van der Waals surface area contributed by atoms with Crippen LogP contribution in [-0.4, -0.2) is 38.0 Å². The van der Waals surface area contributed by atoms with Crippen molar-refractivity contribution in [3.63, 3.8) is 0 Å². The lowest BCUT2D eigenvalue weighted by Gasteiger charge is -2.24. The quantitative estimate of drug-likeness (QED) is 0.781. The summed E-state index contributed by atoms with van der Waals surface area (Å²) < 4.78 is 27.5. The lowest BCUT2D eigenvalue weighted by Crippen LogP contribution is -2.49. The fourth-order valence-electron chi connectivity index (χ4n) is 3.18. The van der Waals surface area contributed by atoms with E-state index in [-0.39, 0.29) is 12.2 Å². The summed E-state index contributed by atoms with van der Waals surface area (Å²) in [5.74, 6) is -1.96. The van der Waals surface area contributed by atoms with Crippen molar-refractivity contribution in [3.05, 3.63) is 65.7 Å². The van der Waals surface area contributed by atoms with Crippen LogP contribution >= 0.6 is 0 Å². The van der Waals surface area contributed by atoms with Gasteiger partial charge >= 0.3 is 5.97 Å². The van der Waals surface area contributed by atoms with Crippen LogP contribution in [0.1, 0.15) is 17.5 Å². The molecule has 0 aliphatic carbocycles. The van der Waals surface area contributed by atoms with Gasteiger partial charge in [0.1, 0.15) is 12.6 Å². The Bertz CT molecular complexity index is 944. The van der Waals surface area contributed by atoms with Crippen molar-refractivity contribution in [2.45, 2.75) is 24.6 Å². The summed E-state index contributed by atoms with van der Waals surface area (Å²) in [5.41, 5.74) is 1.93. The molecule has 1 aliphatic rings. The molecule has 1 heterocycles. The normalized spacial score (nSPS) is 17.3. The molecule has 0 saturated heterocycles. The van der Waals surface area contributed by atoms with Gasteiger partial charge < -0.3 is 5.11 Å². The molecule has 2 aromatic rings. The van der Waals surface area contributed by atoms with Gasteiger partial charge in [0.05, 0.1) is 5.75 Å². The first-order valence-corrected chi connectivity index (χ1v) is 10.2. The average Bonchev–Trinajstić information content (AvgIpc) is 2.74. The lowest BCUT2D eigenvalue weighted by molar-refractivity contribution is -0.136. The van der Waals surface area contributed by atoms with E-state index in [0.717, 1.165) is 10.5 Å². The van der Waals surface area contributed by atoms with Gasteiger partial charge in [-0.25, -0.2) is 13.1 Å². The molecule has 8 heteroatoms. The Morgan fingerprint density at radius 3 is 2.48 bits per heavy atom. The van der Waals surface area contributed by atoms with Crippen molar-refractivity contribution in [3.8, 4) is 0 Å². The molecule has 1 unspecified atom stereocenters.